The zero-order valence-electron chi connectivity index (χ0n) is 8.13. The maximum atomic E-state index is 5.82. The predicted octanol–water partition coefficient (Wildman–Crippen LogP) is 3.55. The summed E-state index contributed by atoms with van der Waals surface area (Å²) in [5, 5.41) is 4.10. The zero-order chi connectivity index (χ0) is 10.4. The number of pyridine rings is 1. The molecule has 1 N–H and O–H groups in total. The summed E-state index contributed by atoms with van der Waals surface area (Å²) >= 11 is 11.5. The van der Waals surface area contributed by atoms with Gasteiger partial charge >= 0.3 is 0 Å². The van der Waals surface area contributed by atoms with Crippen LogP contribution in [0.1, 0.15) is 19.8 Å². The highest BCUT2D eigenvalue weighted by Crippen LogP contribution is 2.10. The number of nitrogens with one attached hydrogen (secondary N) is 1. The number of rotatable bonds is 5. The van der Waals surface area contributed by atoms with Crippen LogP contribution in [0.25, 0.3) is 0 Å². The van der Waals surface area contributed by atoms with Crippen LogP contribution in [0.2, 0.25) is 5.02 Å². The summed E-state index contributed by atoms with van der Waals surface area (Å²) in [6.07, 6.45) is 3.70. The van der Waals surface area contributed by atoms with Crippen molar-refractivity contribution in [2.45, 2.75) is 25.1 Å². The first-order chi connectivity index (χ1) is 6.68. The van der Waals surface area contributed by atoms with Gasteiger partial charge in [-0.1, -0.05) is 11.6 Å². The Morgan fingerprint density at radius 1 is 1.50 bits per heavy atom. The fourth-order valence-electron chi connectivity index (χ4n) is 1.08. The van der Waals surface area contributed by atoms with Crippen molar-refractivity contribution in [2.75, 3.05) is 11.9 Å². The van der Waals surface area contributed by atoms with E-state index in [-0.39, 0.29) is 5.38 Å². The maximum absolute atomic E-state index is 5.82. The smallest absolute Gasteiger partial charge is 0.125 e. The quantitative estimate of drug-likeness (QED) is 0.621. The minimum atomic E-state index is 0.245. The molecule has 4 heteroatoms. The summed E-state index contributed by atoms with van der Waals surface area (Å²) in [7, 11) is 0. The minimum Gasteiger partial charge on any atom is -0.370 e. The molecule has 1 atom stereocenters. The third-order valence-electron chi connectivity index (χ3n) is 1.81. The number of nitrogens with zero attached hydrogens (tertiary/aromatic N) is 1. The molecule has 78 valence electrons. The number of aromatic nitrogens is 1. The molecular weight excluding hydrogens is 219 g/mol. The first-order valence-electron chi connectivity index (χ1n) is 4.68. The van der Waals surface area contributed by atoms with Crippen molar-refractivity contribution in [3.8, 4) is 0 Å². The number of anilines is 1. The van der Waals surface area contributed by atoms with Gasteiger partial charge in [0.2, 0.25) is 0 Å². The van der Waals surface area contributed by atoms with Crippen molar-refractivity contribution in [1.29, 1.82) is 0 Å². The molecule has 0 bridgehead atoms. The van der Waals surface area contributed by atoms with E-state index in [1.54, 1.807) is 6.20 Å². The van der Waals surface area contributed by atoms with Crippen LogP contribution in [0.4, 0.5) is 5.82 Å². The lowest BCUT2D eigenvalue weighted by atomic mass is 10.2. The lowest BCUT2D eigenvalue weighted by Gasteiger charge is -2.05. The number of hydrogen-bond donors (Lipinski definition) is 1. The molecule has 0 saturated carbocycles. The third-order valence-corrected chi connectivity index (χ3v) is 2.25. The monoisotopic (exact) mass is 232 g/mol. The molecule has 0 aliphatic heterocycles. The van der Waals surface area contributed by atoms with Gasteiger partial charge in [0.1, 0.15) is 5.82 Å². The van der Waals surface area contributed by atoms with Gasteiger partial charge in [-0.25, -0.2) is 4.98 Å². The Bertz CT molecular complexity index is 259. The summed E-state index contributed by atoms with van der Waals surface area (Å²) < 4.78 is 0. The van der Waals surface area contributed by atoms with Crippen LogP contribution in [-0.4, -0.2) is 16.9 Å². The van der Waals surface area contributed by atoms with Crippen LogP contribution < -0.4 is 5.32 Å². The van der Waals surface area contributed by atoms with Gasteiger partial charge in [0, 0.05) is 18.1 Å². The Morgan fingerprint density at radius 3 is 2.86 bits per heavy atom. The van der Waals surface area contributed by atoms with Gasteiger partial charge in [-0.2, -0.15) is 0 Å². The van der Waals surface area contributed by atoms with E-state index in [2.05, 4.69) is 10.3 Å². The minimum absolute atomic E-state index is 0.245. The summed E-state index contributed by atoms with van der Waals surface area (Å²) in [4.78, 5) is 4.12. The topological polar surface area (TPSA) is 24.9 Å². The first-order valence-corrected chi connectivity index (χ1v) is 5.49. The molecular formula is C10H14Cl2N2. The van der Waals surface area contributed by atoms with Gasteiger partial charge in [-0.15, -0.1) is 11.6 Å². The Hall–Kier alpha value is -0.470. The van der Waals surface area contributed by atoms with Crippen LogP contribution in [0.5, 0.6) is 0 Å². The summed E-state index contributed by atoms with van der Waals surface area (Å²) in [5.41, 5.74) is 0. The zero-order valence-corrected chi connectivity index (χ0v) is 9.65. The van der Waals surface area contributed by atoms with Crippen LogP contribution in [0.15, 0.2) is 18.3 Å². The van der Waals surface area contributed by atoms with E-state index in [1.165, 1.54) is 0 Å². The predicted molar refractivity (Wildman–Crippen MR) is 62.3 cm³/mol. The summed E-state index contributed by atoms with van der Waals surface area (Å²) in [6, 6.07) is 3.69. The molecule has 0 aromatic carbocycles. The summed E-state index contributed by atoms with van der Waals surface area (Å²) in [6.45, 7) is 2.90. The SMILES string of the molecule is CC(Cl)CCCNc1ccc(Cl)cn1. The van der Waals surface area contributed by atoms with E-state index < -0.39 is 0 Å². The highest BCUT2D eigenvalue weighted by Gasteiger charge is 1.96. The molecule has 0 radical (unpaired) electrons. The van der Waals surface area contributed by atoms with E-state index in [0.717, 1.165) is 25.2 Å². The van der Waals surface area contributed by atoms with Crippen molar-refractivity contribution in [3.63, 3.8) is 0 Å². The highest BCUT2D eigenvalue weighted by molar-refractivity contribution is 6.30. The van der Waals surface area contributed by atoms with Crippen molar-refractivity contribution >= 4 is 29.0 Å². The molecule has 1 heterocycles. The van der Waals surface area contributed by atoms with E-state index in [0.29, 0.717) is 5.02 Å². The average Bonchev–Trinajstić information content (AvgIpc) is 2.15. The Kier molecular flexibility index (Phi) is 5.05. The van der Waals surface area contributed by atoms with Crippen LogP contribution in [0.3, 0.4) is 0 Å². The largest absolute Gasteiger partial charge is 0.370 e. The van der Waals surface area contributed by atoms with Gasteiger partial charge < -0.3 is 5.32 Å². The van der Waals surface area contributed by atoms with E-state index in [9.17, 15) is 0 Å². The number of hydrogen-bond acceptors (Lipinski definition) is 2. The average molecular weight is 233 g/mol. The van der Waals surface area contributed by atoms with Crippen molar-refractivity contribution in [2.24, 2.45) is 0 Å². The van der Waals surface area contributed by atoms with Crippen LogP contribution in [0, 0.1) is 0 Å². The van der Waals surface area contributed by atoms with Gasteiger partial charge in [0.25, 0.3) is 0 Å². The molecule has 0 aliphatic rings. The van der Waals surface area contributed by atoms with Gasteiger partial charge in [-0.05, 0) is 31.9 Å². The third kappa shape index (κ3) is 4.68. The molecule has 0 spiro atoms. The van der Waals surface area contributed by atoms with Gasteiger partial charge in [0.05, 0.1) is 5.02 Å². The van der Waals surface area contributed by atoms with Crippen LogP contribution >= 0.6 is 23.2 Å². The highest BCUT2D eigenvalue weighted by atomic mass is 35.5. The molecule has 0 saturated heterocycles. The molecule has 2 nitrogen and oxygen atoms in total. The van der Waals surface area contributed by atoms with E-state index in [4.69, 9.17) is 23.2 Å². The second-order valence-electron chi connectivity index (χ2n) is 3.21. The molecule has 1 aromatic rings. The lowest BCUT2D eigenvalue weighted by Crippen LogP contribution is -2.04. The van der Waals surface area contributed by atoms with E-state index >= 15 is 0 Å². The molecule has 14 heavy (non-hydrogen) atoms. The van der Waals surface area contributed by atoms with Crippen molar-refractivity contribution < 1.29 is 0 Å². The first kappa shape index (κ1) is 11.6. The maximum Gasteiger partial charge on any atom is 0.125 e. The molecule has 1 aromatic heterocycles. The lowest BCUT2D eigenvalue weighted by molar-refractivity contribution is 0.749. The number of alkyl halides is 1. The Balaban J connectivity index is 2.21. The van der Waals surface area contributed by atoms with Crippen molar-refractivity contribution in [1.82, 2.24) is 4.98 Å². The van der Waals surface area contributed by atoms with Gasteiger partial charge in [0.15, 0.2) is 0 Å². The van der Waals surface area contributed by atoms with Crippen molar-refractivity contribution in [3.05, 3.63) is 23.4 Å². The number of halogens is 2. The van der Waals surface area contributed by atoms with Crippen LogP contribution in [-0.2, 0) is 0 Å². The Labute approximate surface area is 94.6 Å². The second-order valence-corrected chi connectivity index (χ2v) is 4.39. The fraction of sp³-hybridized carbons (Fsp3) is 0.500. The van der Waals surface area contributed by atoms with E-state index in [1.807, 2.05) is 19.1 Å². The molecule has 0 fully saturated rings. The molecule has 1 unspecified atom stereocenters. The second kappa shape index (κ2) is 6.10. The normalized spacial score (nSPS) is 12.5. The fourth-order valence-corrected chi connectivity index (χ4v) is 1.35. The molecule has 1 rings (SSSR count). The Morgan fingerprint density at radius 2 is 2.29 bits per heavy atom. The standard InChI is InChI=1S/C10H14Cl2N2/c1-8(11)3-2-6-13-10-5-4-9(12)7-14-10/h4-5,7-8H,2-3,6H2,1H3,(H,13,14). The summed E-state index contributed by atoms with van der Waals surface area (Å²) in [5.74, 6) is 0.858. The molecule has 0 aliphatic carbocycles. The van der Waals surface area contributed by atoms with Gasteiger partial charge in [-0.3, -0.25) is 0 Å². The molecule has 0 amide bonds.